The maximum Gasteiger partial charge on any atom is 0.319 e. The lowest BCUT2D eigenvalue weighted by molar-refractivity contribution is -0.145. The molecule has 1 atom stereocenters. The molecule has 1 aromatic heterocycles. The number of rotatable bonds is 8. The molecule has 1 unspecified atom stereocenters. The lowest BCUT2D eigenvalue weighted by atomic mass is 10.3. The fourth-order valence-electron chi connectivity index (χ4n) is 1.79. The van der Waals surface area contributed by atoms with Gasteiger partial charge in [-0.25, -0.2) is 0 Å². The molecule has 7 nitrogen and oxygen atoms in total. The Balaban J connectivity index is 2.72. The molecule has 0 amide bonds. The minimum atomic E-state index is -0.403. The van der Waals surface area contributed by atoms with E-state index in [4.69, 9.17) is 0 Å². The first-order chi connectivity index (χ1) is 9.99. The van der Waals surface area contributed by atoms with Crippen molar-refractivity contribution in [3.63, 3.8) is 0 Å². The largest absolute Gasteiger partial charge is 0.468 e. The van der Waals surface area contributed by atoms with E-state index in [1.54, 1.807) is 4.90 Å². The molecule has 0 N–H and O–H groups in total. The monoisotopic (exact) mass is 297 g/mol. The smallest absolute Gasteiger partial charge is 0.319 e. The minimum absolute atomic E-state index is 0.0157. The predicted octanol–water partition coefficient (Wildman–Crippen LogP) is 1.00. The maximum atomic E-state index is 11.4. The van der Waals surface area contributed by atoms with Gasteiger partial charge in [0.15, 0.2) is 0 Å². The molecule has 1 aromatic rings. The highest BCUT2D eigenvalue weighted by atomic mass is 16.5. The van der Waals surface area contributed by atoms with E-state index in [1.165, 1.54) is 14.2 Å². The molecule has 1 heterocycles. The van der Waals surface area contributed by atoms with Gasteiger partial charge in [0.1, 0.15) is 0 Å². The second-order valence-corrected chi connectivity index (χ2v) is 4.84. The van der Waals surface area contributed by atoms with Crippen molar-refractivity contribution in [3.05, 3.63) is 18.0 Å². The molecule has 0 aliphatic carbocycles. The van der Waals surface area contributed by atoms with Gasteiger partial charge in [-0.1, -0.05) is 6.92 Å². The van der Waals surface area contributed by atoms with Gasteiger partial charge in [0.05, 0.1) is 33.0 Å². The fraction of sp³-hybridized carbons (Fsp3) is 0.643. The van der Waals surface area contributed by atoms with Crippen LogP contribution >= 0.6 is 0 Å². The standard InChI is InChI=1S/C14H23N3O4/c1-5-11(2)17-7-6-12(15-17)8-16(9-13(18)20-3)10-14(19)21-4/h6-7,11H,5,8-10H2,1-4H3. The molecule has 0 bridgehead atoms. The van der Waals surface area contributed by atoms with Crippen LogP contribution < -0.4 is 0 Å². The summed E-state index contributed by atoms with van der Waals surface area (Å²) < 4.78 is 11.2. The summed E-state index contributed by atoms with van der Waals surface area (Å²) in [6.45, 7) is 4.58. The number of ether oxygens (including phenoxy) is 2. The van der Waals surface area contributed by atoms with E-state index >= 15 is 0 Å². The minimum Gasteiger partial charge on any atom is -0.468 e. The molecule has 0 fully saturated rings. The van der Waals surface area contributed by atoms with Crippen LogP contribution in [0, 0.1) is 0 Å². The lowest BCUT2D eigenvalue weighted by Gasteiger charge is -2.18. The Morgan fingerprint density at radius 1 is 1.29 bits per heavy atom. The maximum absolute atomic E-state index is 11.4. The Labute approximate surface area is 124 Å². The number of carbonyl (C=O) groups excluding carboxylic acids is 2. The highest BCUT2D eigenvalue weighted by Gasteiger charge is 2.17. The molecule has 0 saturated heterocycles. The van der Waals surface area contributed by atoms with Gasteiger partial charge in [0, 0.05) is 18.8 Å². The van der Waals surface area contributed by atoms with Gasteiger partial charge in [-0.2, -0.15) is 5.10 Å². The summed E-state index contributed by atoms with van der Waals surface area (Å²) in [6, 6.07) is 2.20. The van der Waals surface area contributed by atoms with Crippen LogP contribution in [0.5, 0.6) is 0 Å². The second kappa shape index (κ2) is 8.41. The van der Waals surface area contributed by atoms with Crippen molar-refractivity contribution in [1.82, 2.24) is 14.7 Å². The molecular formula is C14H23N3O4. The quantitative estimate of drug-likeness (QED) is 0.667. The van der Waals surface area contributed by atoms with Crippen LogP contribution in [0.1, 0.15) is 32.0 Å². The van der Waals surface area contributed by atoms with Gasteiger partial charge in [-0.05, 0) is 19.4 Å². The summed E-state index contributed by atoms with van der Waals surface area (Å²) in [4.78, 5) is 24.4. The number of carbonyl (C=O) groups is 2. The Morgan fingerprint density at radius 3 is 2.33 bits per heavy atom. The summed E-state index contributed by atoms with van der Waals surface area (Å²) >= 11 is 0. The third kappa shape index (κ3) is 5.55. The zero-order valence-electron chi connectivity index (χ0n) is 13.0. The van der Waals surface area contributed by atoms with Gasteiger partial charge in [0.25, 0.3) is 0 Å². The molecule has 7 heteroatoms. The van der Waals surface area contributed by atoms with Gasteiger partial charge in [-0.15, -0.1) is 0 Å². The normalized spacial score (nSPS) is 12.2. The second-order valence-electron chi connectivity index (χ2n) is 4.84. The molecule has 0 spiro atoms. The van der Waals surface area contributed by atoms with E-state index < -0.39 is 11.9 Å². The molecule has 0 radical (unpaired) electrons. The van der Waals surface area contributed by atoms with E-state index in [2.05, 4.69) is 28.4 Å². The number of hydrogen-bond acceptors (Lipinski definition) is 6. The van der Waals surface area contributed by atoms with E-state index in [1.807, 2.05) is 16.9 Å². The number of esters is 2. The Kier molecular flexibility index (Phi) is 6.87. The molecular weight excluding hydrogens is 274 g/mol. The third-order valence-corrected chi connectivity index (χ3v) is 3.25. The molecule has 1 rings (SSSR count). The van der Waals surface area contributed by atoms with Crippen LogP contribution in [0.3, 0.4) is 0 Å². The van der Waals surface area contributed by atoms with Crippen LogP contribution in [0.25, 0.3) is 0 Å². The van der Waals surface area contributed by atoms with Crippen molar-refractivity contribution in [1.29, 1.82) is 0 Å². The van der Waals surface area contributed by atoms with Crippen LogP contribution in [-0.4, -0.2) is 53.9 Å². The number of aromatic nitrogens is 2. The summed E-state index contributed by atoms with van der Waals surface area (Å²) in [5.41, 5.74) is 0.795. The Bertz CT molecular complexity index is 455. The zero-order chi connectivity index (χ0) is 15.8. The molecule has 0 aliphatic rings. The highest BCUT2D eigenvalue weighted by molar-refractivity contribution is 5.74. The van der Waals surface area contributed by atoms with Crippen molar-refractivity contribution in [2.75, 3.05) is 27.3 Å². The Hall–Kier alpha value is -1.89. The SMILES string of the molecule is CCC(C)n1ccc(CN(CC(=O)OC)CC(=O)OC)n1. The fourth-order valence-corrected chi connectivity index (χ4v) is 1.79. The van der Waals surface area contributed by atoms with Gasteiger partial charge >= 0.3 is 11.9 Å². The zero-order valence-corrected chi connectivity index (χ0v) is 13.0. The van der Waals surface area contributed by atoms with Crippen LogP contribution in [0.2, 0.25) is 0 Å². The van der Waals surface area contributed by atoms with Crippen molar-refractivity contribution in [3.8, 4) is 0 Å². The Morgan fingerprint density at radius 2 is 1.86 bits per heavy atom. The van der Waals surface area contributed by atoms with Gasteiger partial charge < -0.3 is 9.47 Å². The number of hydrogen-bond donors (Lipinski definition) is 0. The van der Waals surface area contributed by atoms with Gasteiger partial charge in [0.2, 0.25) is 0 Å². The summed E-state index contributed by atoms with van der Waals surface area (Å²) in [7, 11) is 2.63. The van der Waals surface area contributed by atoms with Crippen molar-refractivity contribution in [2.45, 2.75) is 32.9 Å². The average Bonchev–Trinajstić information content (AvgIpc) is 2.94. The first-order valence-electron chi connectivity index (χ1n) is 6.90. The topological polar surface area (TPSA) is 73.7 Å². The van der Waals surface area contributed by atoms with E-state index in [0.717, 1.165) is 12.1 Å². The molecule has 21 heavy (non-hydrogen) atoms. The van der Waals surface area contributed by atoms with Crippen LogP contribution in [0.15, 0.2) is 12.3 Å². The van der Waals surface area contributed by atoms with Crippen molar-refractivity contribution < 1.29 is 19.1 Å². The van der Waals surface area contributed by atoms with Crippen LogP contribution in [-0.2, 0) is 25.6 Å². The highest BCUT2D eigenvalue weighted by Crippen LogP contribution is 2.10. The first kappa shape index (κ1) is 17.2. The molecule has 0 saturated carbocycles. The molecule has 0 aromatic carbocycles. The van der Waals surface area contributed by atoms with Gasteiger partial charge in [-0.3, -0.25) is 19.2 Å². The number of nitrogens with zero attached hydrogens (tertiary/aromatic N) is 3. The predicted molar refractivity (Wildman–Crippen MR) is 76.5 cm³/mol. The first-order valence-corrected chi connectivity index (χ1v) is 6.90. The van der Waals surface area contributed by atoms with E-state index in [-0.39, 0.29) is 13.1 Å². The summed E-state index contributed by atoms with van der Waals surface area (Å²) in [5.74, 6) is -0.805. The van der Waals surface area contributed by atoms with Crippen LogP contribution in [0.4, 0.5) is 0 Å². The van der Waals surface area contributed by atoms with E-state index in [9.17, 15) is 9.59 Å². The number of methoxy groups -OCH3 is 2. The van der Waals surface area contributed by atoms with Crippen molar-refractivity contribution in [2.24, 2.45) is 0 Å². The van der Waals surface area contributed by atoms with E-state index in [0.29, 0.717) is 12.6 Å². The molecule has 118 valence electrons. The van der Waals surface area contributed by atoms with Crippen molar-refractivity contribution >= 4 is 11.9 Å². The third-order valence-electron chi connectivity index (χ3n) is 3.25. The summed E-state index contributed by atoms with van der Waals surface area (Å²) in [5, 5.41) is 4.46. The summed E-state index contributed by atoms with van der Waals surface area (Å²) in [6.07, 6.45) is 2.88. The molecule has 0 aliphatic heterocycles. The lowest BCUT2D eigenvalue weighted by Crippen LogP contribution is -2.35. The average molecular weight is 297 g/mol.